The molecular formula is C19H23N3O2. The molecule has 2 aliphatic rings. The van der Waals surface area contributed by atoms with Crippen LogP contribution in [0.3, 0.4) is 0 Å². The van der Waals surface area contributed by atoms with Gasteiger partial charge in [-0.05, 0) is 42.2 Å². The average Bonchev–Trinajstić information content (AvgIpc) is 3.06. The molecular weight excluding hydrogens is 302 g/mol. The Kier molecular flexibility index (Phi) is 4.83. The number of aromatic nitrogens is 2. The standard InChI is InChI=1S/C19H23N3O2/c1-2-16(12-21-7-1)14-24-18-4-3-17-19(18)23-11-10-22(17)13-15-5-8-20-9-6-15/h1-2,5-9,12,17-19H,3-4,10-11,13-14H2/t17-,18+,19+/m0/s1. The van der Waals surface area contributed by atoms with E-state index in [0.717, 1.165) is 38.1 Å². The Hall–Kier alpha value is -1.82. The van der Waals surface area contributed by atoms with Crippen LogP contribution in [0, 0.1) is 0 Å². The smallest absolute Gasteiger partial charge is 0.0992 e. The van der Waals surface area contributed by atoms with E-state index in [1.165, 1.54) is 5.56 Å². The highest BCUT2D eigenvalue weighted by Gasteiger charge is 2.43. The molecule has 5 nitrogen and oxygen atoms in total. The van der Waals surface area contributed by atoms with Crippen molar-refractivity contribution in [3.8, 4) is 0 Å². The van der Waals surface area contributed by atoms with Crippen LogP contribution in [0.2, 0.25) is 0 Å². The molecule has 2 aromatic rings. The van der Waals surface area contributed by atoms with E-state index >= 15 is 0 Å². The Morgan fingerprint density at radius 3 is 2.83 bits per heavy atom. The van der Waals surface area contributed by atoms with E-state index in [-0.39, 0.29) is 12.2 Å². The van der Waals surface area contributed by atoms with Crippen LogP contribution in [0.1, 0.15) is 24.0 Å². The van der Waals surface area contributed by atoms with Crippen LogP contribution >= 0.6 is 0 Å². The first-order valence-electron chi connectivity index (χ1n) is 8.65. The van der Waals surface area contributed by atoms with Crippen LogP contribution in [0.4, 0.5) is 0 Å². The number of morpholine rings is 1. The summed E-state index contributed by atoms with van der Waals surface area (Å²) >= 11 is 0. The first-order chi connectivity index (χ1) is 11.9. The van der Waals surface area contributed by atoms with E-state index in [0.29, 0.717) is 12.6 Å². The predicted molar refractivity (Wildman–Crippen MR) is 90.2 cm³/mol. The van der Waals surface area contributed by atoms with E-state index < -0.39 is 0 Å². The fourth-order valence-electron chi connectivity index (χ4n) is 3.78. The van der Waals surface area contributed by atoms with Gasteiger partial charge in [-0.15, -0.1) is 0 Å². The normalized spacial score (nSPS) is 27.1. The molecule has 0 spiro atoms. The fourth-order valence-corrected chi connectivity index (χ4v) is 3.78. The molecule has 0 bridgehead atoms. The number of nitrogens with zero attached hydrogens (tertiary/aromatic N) is 3. The lowest BCUT2D eigenvalue weighted by atomic mass is 10.1. The highest BCUT2D eigenvalue weighted by atomic mass is 16.5. The molecule has 0 unspecified atom stereocenters. The summed E-state index contributed by atoms with van der Waals surface area (Å²) in [5.41, 5.74) is 2.43. The van der Waals surface area contributed by atoms with E-state index in [1.807, 2.05) is 24.7 Å². The monoisotopic (exact) mass is 325 g/mol. The van der Waals surface area contributed by atoms with Gasteiger partial charge < -0.3 is 9.47 Å². The number of pyridine rings is 2. The Bertz CT molecular complexity index is 638. The second kappa shape index (κ2) is 7.38. The zero-order chi connectivity index (χ0) is 16.2. The van der Waals surface area contributed by atoms with Gasteiger partial charge in [-0.3, -0.25) is 14.9 Å². The molecule has 2 aromatic heterocycles. The Labute approximate surface area is 142 Å². The maximum Gasteiger partial charge on any atom is 0.0992 e. The van der Waals surface area contributed by atoms with E-state index in [2.05, 4.69) is 33.1 Å². The van der Waals surface area contributed by atoms with Crippen molar-refractivity contribution < 1.29 is 9.47 Å². The summed E-state index contributed by atoms with van der Waals surface area (Å²) in [6.07, 6.45) is 9.92. The van der Waals surface area contributed by atoms with Gasteiger partial charge in [-0.2, -0.15) is 0 Å². The lowest BCUT2D eigenvalue weighted by Gasteiger charge is -2.39. The third kappa shape index (κ3) is 3.48. The van der Waals surface area contributed by atoms with Gasteiger partial charge in [-0.25, -0.2) is 0 Å². The quantitative estimate of drug-likeness (QED) is 0.845. The minimum absolute atomic E-state index is 0.176. The van der Waals surface area contributed by atoms with E-state index in [4.69, 9.17) is 9.47 Å². The van der Waals surface area contributed by atoms with Crippen molar-refractivity contribution in [1.82, 2.24) is 14.9 Å². The zero-order valence-corrected chi connectivity index (χ0v) is 13.8. The van der Waals surface area contributed by atoms with Gasteiger partial charge in [-0.1, -0.05) is 6.07 Å². The topological polar surface area (TPSA) is 47.5 Å². The number of ether oxygens (including phenoxy) is 2. The number of fused-ring (bicyclic) bond motifs is 1. The third-order valence-corrected chi connectivity index (χ3v) is 4.97. The van der Waals surface area contributed by atoms with Crippen molar-refractivity contribution in [3.05, 3.63) is 60.2 Å². The highest BCUT2D eigenvalue weighted by Crippen LogP contribution is 2.33. The molecule has 126 valence electrons. The van der Waals surface area contributed by atoms with Gasteiger partial charge in [0.05, 0.1) is 25.4 Å². The van der Waals surface area contributed by atoms with Gasteiger partial charge in [0.15, 0.2) is 0 Å². The Balaban J connectivity index is 1.37. The number of hydrogen-bond acceptors (Lipinski definition) is 5. The fraction of sp³-hybridized carbons (Fsp3) is 0.474. The van der Waals surface area contributed by atoms with Crippen LogP contribution in [0.25, 0.3) is 0 Å². The van der Waals surface area contributed by atoms with E-state index in [9.17, 15) is 0 Å². The van der Waals surface area contributed by atoms with Crippen LogP contribution in [-0.2, 0) is 22.6 Å². The first kappa shape index (κ1) is 15.7. The summed E-state index contributed by atoms with van der Waals surface area (Å²) in [6.45, 7) is 3.33. The minimum atomic E-state index is 0.176. The number of hydrogen-bond donors (Lipinski definition) is 0. The van der Waals surface area contributed by atoms with Crippen molar-refractivity contribution in [2.45, 2.75) is 44.2 Å². The summed E-state index contributed by atoms with van der Waals surface area (Å²) in [5.74, 6) is 0. The van der Waals surface area contributed by atoms with Gasteiger partial charge in [0.25, 0.3) is 0 Å². The van der Waals surface area contributed by atoms with Crippen LogP contribution in [0.15, 0.2) is 49.1 Å². The summed E-state index contributed by atoms with van der Waals surface area (Å²) in [6, 6.07) is 8.64. The summed E-state index contributed by atoms with van der Waals surface area (Å²) in [7, 11) is 0. The Morgan fingerprint density at radius 2 is 2.00 bits per heavy atom. The second-order valence-electron chi connectivity index (χ2n) is 6.52. The molecule has 24 heavy (non-hydrogen) atoms. The predicted octanol–water partition coefficient (Wildman–Crippen LogP) is 2.43. The summed E-state index contributed by atoms with van der Waals surface area (Å²) < 4.78 is 12.2. The molecule has 0 amide bonds. The molecule has 1 aliphatic heterocycles. The molecule has 4 rings (SSSR count). The largest absolute Gasteiger partial charge is 0.373 e. The first-order valence-corrected chi connectivity index (χ1v) is 8.65. The van der Waals surface area contributed by atoms with Crippen LogP contribution in [0.5, 0.6) is 0 Å². The molecule has 0 aromatic carbocycles. The molecule has 5 heteroatoms. The van der Waals surface area contributed by atoms with Gasteiger partial charge in [0.2, 0.25) is 0 Å². The lowest BCUT2D eigenvalue weighted by Crippen LogP contribution is -2.51. The summed E-state index contributed by atoms with van der Waals surface area (Å²) in [5, 5.41) is 0. The Morgan fingerprint density at radius 1 is 1.08 bits per heavy atom. The van der Waals surface area contributed by atoms with E-state index in [1.54, 1.807) is 6.20 Å². The third-order valence-electron chi connectivity index (χ3n) is 4.97. The molecule has 0 radical (unpaired) electrons. The number of rotatable bonds is 5. The minimum Gasteiger partial charge on any atom is -0.373 e. The maximum absolute atomic E-state index is 6.16. The SMILES string of the molecule is c1cncc(CO[C@@H]2CC[C@H]3[C@H]2OCCN3Cc2ccncc2)c1. The maximum atomic E-state index is 6.16. The van der Waals surface area contributed by atoms with Gasteiger partial charge in [0, 0.05) is 43.9 Å². The molecule has 3 atom stereocenters. The molecule has 2 fully saturated rings. The van der Waals surface area contributed by atoms with Crippen molar-refractivity contribution in [2.24, 2.45) is 0 Å². The zero-order valence-electron chi connectivity index (χ0n) is 13.8. The van der Waals surface area contributed by atoms with Crippen molar-refractivity contribution in [3.63, 3.8) is 0 Å². The van der Waals surface area contributed by atoms with Gasteiger partial charge in [0.1, 0.15) is 0 Å². The van der Waals surface area contributed by atoms with Gasteiger partial charge >= 0.3 is 0 Å². The molecule has 0 N–H and O–H groups in total. The van der Waals surface area contributed by atoms with Crippen molar-refractivity contribution >= 4 is 0 Å². The summed E-state index contributed by atoms with van der Waals surface area (Å²) in [4.78, 5) is 10.8. The van der Waals surface area contributed by atoms with Crippen molar-refractivity contribution in [1.29, 1.82) is 0 Å². The van der Waals surface area contributed by atoms with Crippen LogP contribution in [-0.4, -0.2) is 46.3 Å². The highest BCUT2D eigenvalue weighted by molar-refractivity contribution is 5.11. The lowest BCUT2D eigenvalue weighted by molar-refractivity contribution is -0.118. The molecule has 3 heterocycles. The van der Waals surface area contributed by atoms with Crippen LogP contribution < -0.4 is 0 Å². The molecule has 1 saturated carbocycles. The second-order valence-corrected chi connectivity index (χ2v) is 6.52. The average molecular weight is 325 g/mol. The van der Waals surface area contributed by atoms with Crippen molar-refractivity contribution in [2.75, 3.05) is 13.2 Å². The molecule has 1 saturated heterocycles. The molecule has 1 aliphatic carbocycles.